The van der Waals surface area contributed by atoms with Crippen LogP contribution in [-0.4, -0.2) is 20.8 Å². The largest absolute Gasteiger partial charge is 0.391 e. The third-order valence-corrected chi connectivity index (χ3v) is 2.16. The van der Waals surface area contributed by atoms with Gasteiger partial charge in [-0.25, -0.2) is 4.79 Å². The zero-order valence-corrected chi connectivity index (χ0v) is 8.93. The van der Waals surface area contributed by atoms with Crippen molar-refractivity contribution in [2.24, 2.45) is 0 Å². The van der Waals surface area contributed by atoms with Gasteiger partial charge in [-0.2, -0.15) is 5.26 Å². The Hall–Kier alpha value is -1.87. The Kier molecular flexibility index (Phi) is 4.03. The Morgan fingerprint density at radius 3 is 2.88 bits per heavy atom. The maximum absolute atomic E-state index is 11.3. The molecule has 6 heteroatoms. The van der Waals surface area contributed by atoms with Crippen LogP contribution in [0.1, 0.15) is 25.3 Å². The van der Waals surface area contributed by atoms with Crippen LogP contribution in [0.25, 0.3) is 0 Å². The second-order valence-electron chi connectivity index (χ2n) is 3.51. The van der Waals surface area contributed by atoms with Crippen molar-refractivity contribution < 1.29 is 5.11 Å². The molecule has 1 atom stereocenters. The Balaban J connectivity index is 3.02. The van der Waals surface area contributed by atoms with Crippen LogP contribution in [0.5, 0.6) is 0 Å². The number of nitrogens with one attached hydrogen (secondary N) is 1. The van der Waals surface area contributed by atoms with Crippen molar-refractivity contribution >= 4 is 0 Å². The van der Waals surface area contributed by atoms with Crippen molar-refractivity contribution in [2.45, 2.75) is 32.4 Å². The number of rotatable bonds is 4. The smallest absolute Gasteiger partial charge is 0.328 e. The van der Waals surface area contributed by atoms with Gasteiger partial charge in [-0.15, -0.1) is 0 Å². The Morgan fingerprint density at radius 1 is 1.62 bits per heavy atom. The van der Waals surface area contributed by atoms with Gasteiger partial charge in [0.15, 0.2) is 0 Å². The van der Waals surface area contributed by atoms with Gasteiger partial charge in [0.1, 0.15) is 11.6 Å². The fraction of sp³-hybridized carbons (Fsp3) is 0.500. The van der Waals surface area contributed by atoms with E-state index in [0.717, 1.165) is 11.0 Å². The summed E-state index contributed by atoms with van der Waals surface area (Å²) in [6, 6.07) is 1.68. The normalized spacial score (nSPS) is 12.1. The van der Waals surface area contributed by atoms with Crippen LogP contribution in [0, 0.1) is 11.3 Å². The first-order valence-electron chi connectivity index (χ1n) is 5.00. The topological polar surface area (TPSA) is 98.9 Å². The summed E-state index contributed by atoms with van der Waals surface area (Å²) >= 11 is 0. The van der Waals surface area contributed by atoms with Gasteiger partial charge in [0.25, 0.3) is 5.56 Å². The highest BCUT2D eigenvalue weighted by Crippen LogP contribution is 1.98. The third-order valence-electron chi connectivity index (χ3n) is 2.16. The van der Waals surface area contributed by atoms with Crippen LogP contribution in [0.3, 0.4) is 0 Å². The lowest BCUT2D eigenvalue weighted by molar-refractivity contribution is 0.141. The molecule has 0 aliphatic rings. The quantitative estimate of drug-likeness (QED) is 0.723. The minimum atomic E-state index is -0.700. The molecule has 1 aromatic heterocycles. The highest BCUT2D eigenvalue weighted by atomic mass is 16.3. The molecule has 1 heterocycles. The van der Waals surface area contributed by atoms with E-state index in [4.69, 9.17) is 5.26 Å². The summed E-state index contributed by atoms with van der Waals surface area (Å²) < 4.78 is 1.14. The molecule has 0 bridgehead atoms. The van der Waals surface area contributed by atoms with Crippen molar-refractivity contribution in [3.8, 4) is 6.07 Å². The van der Waals surface area contributed by atoms with Gasteiger partial charge >= 0.3 is 5.69 Å². The molecule has 6 nitrogen and oxygen atoms in total. The first kappa shape index (κ1) is 12.2. The van der Waals surface area contributed by atoms with E-state index in [9.17, 15) is 14.7 Å². The Bertz CT molecular complexity index is 509. The molecule has 0 saturated carbocycles. The highest BCUT2D eigenvalue weighted by Gasteiger charge is 2.08. The minimum absolute atomic E-state index is 0.0815. The van der Waals surface area contributed by atoms with Gasteiger partial charge in [-0.1, -0.05) is 13.3 Å². The minimum Gasteiger partial charge on any atom is -0.391 e. The number of aliphatic hydroxyl groups excluding tert-OH is 1. The number of aromatic amines is 1. The summed E-state index contributed by atoms with van der Waals surface area (Å²) in [4.78, 5) is 24.4. The number of aliphatic hydroxyl groups is 1. The van der Waals surface area contributed by atoms with Crippen LogP contribution in [-0.2, 0) is 6.54 Å². The summed E-state index contributed by atoms with van der Waals surface area (Å²) in [6.45, 7) is 2.00. The summed E-state index contributed by atoms with van der Waals surface area (Å²) in [5.74, 6) is 0. The lowest BCUT2D eigenvalue weighted by atomic mass is 10.2. The van der Waals surface area contributed by atoms with E-state index >= 15 is 0 Å². The zero-order chi connectivity index (χ0) is 12.1. The van der Waals surface area contributed by atoms with Crippen molar-refractivity contribution in [1.29, 1.82) is 5.26 Å². The van der Waals surface area contributed by atoms with Gasteiger partial charge in [-0.3, -0.25) is 14.3 Å². The average molecular weight is 223 g/mol. The zero-order valence-electron chi connectivity index (χ0n) is 8.93. The lowest BCUT2D eigenvalue weighted by Crippen LogP contribution is -2.34. The number of H-pyrrole nitrogens is 1. The van der Waals surface area contributed by atoms with Crippen molar-refractivity contribution in [3.05, 3.63) is 32.6 Å². The van der Waals surface area contributed by atoms with E-state index in [2.05, 4.69) is 0 Å². The summed E-state index contributed by atoms with van der Waals surface area (Å²) in [7, 11) is 0. The van der Waals surface area contributed by atoms with Crippen molar-refractivity contribution in [2.75, 3.05) is 0 Å². The van der Waals surface area contributed by atoms with E-state index in [1.165, 1.54) is 6.20 Å². The van der Waals surface area contributed by atoms with E-state index in [-0.39, 0.29) is 12.1 Å². The summed E-state index contributed by atoms with van der Waals surface area (Å²) in [5.41, 5.74) is -1.45. The molecular weight excluding hydrogens is 210 g/mol. The maximum Gasteiger partial charge on any atom is 0.328 e. The fourth-order valence-electron chi connectivity index (χ4n) is 1.38. The second-order valence-corrected chi connectivity index (χ2v) is 3.51. The lowest BCUT2D eigenvalue weighted by Gasteiger charge is -2.10. The summed E-state index contributed by atoms with van der Waals surface area (Å²) in [5, 5.41) is 18.1. The van der Waals surface area contributed by atoms with Crippen LogP contribution in [0.2, 0.25) is 0 Å². The third kappa shape index (κ3) is 2.81. The molecular formula is C10H13N3O3. The average Bonchev–Trinajstić information content (AvgIpc) is 2.22. The number of nitriles is 1. The molecule has 16 heavy (non-hydrogen) atoms. The van der Waals surface area contributed by atoms with E-state index in [0.29, 0.717) is 6.42 Å². The monoisotopic (exact) mass is 223 g/mol. The van der Waals surface area contributed by atoms with Crippen LogP contribution < -0.4 is 11.2 Å². The molecule has 1 rings (SSSR count). The van der Waals surface area contributed by atoms with Crippen LogP contribution >= 0.6 is 0 Å². The number of hydrogen-bond donors (Lipinski definition) is 2. The highest BCUT2D eigenvalue weighted by molar-refractivity contribution is 5.21. The van der Waals surface area contributed by atoms with Crippen molar-refractivity contribution in [3.63, 3.8) is 0 Å². The fourth-order valence-corrected chi connectivity index (χ4v) is 1.38. The van der Waals surface area contributed by atoms with Gasteiger partial charge < -0.3 is 5.11 Å². The molecule has 0 fully saturated rings. The molecule has 0 aromatic carbocycles. The predicted molar refractivity (Wildman–Crippen MR) is 57.0 cm³/mol. The molecule has 0 aliphatic heterocycles. The van der Waals surface area contributed by atoms with Gasteiger partial charge in [0.05, 0.1) is 12.6 Å². The first-order chi connectivity index (χ1) is 7.58. The van der Waals surface area contributed by atoms with Crippen molar-refractivity contribution in [1.82, 2.24) is 9.55 Å². The molecule has 0 saturated heterocycles. The van der Waals surface area contributed by atoms with E-state index in [1.54, 1.807) is 6.07 Å². The summed E-state index contributed by atoms with van der Waals surface area (Å²) in [6.07, 6.45) is 1.87. The standard InChI is InChI=1S/C10H13N3O3/c1-2-3-8(14)6-13-5-7(4-11)9(15)12-10(13)16/h5,8,14H,2-3,6H2,1H3,(H,12,15,16). The second kappa shape index (κ2) is 5.28. The van der Waals surface area contributed by atoms with Gasteiger partial charge in [0.2, 0.25) is 0 Å². The molecule has 0 radical (unpaired) electrons. The molecule has 0 spiro atoms. The molecule has 86 valence electrons. The number of nitrogens with zero attached hydrogens (tertiary/aromatic N) is 2. The number of aromatic nitrogens is 2. The van der Waals surface area contributed by atoms with Gasteiger partial charge in [0, 0.05) is 6.20 Å². The SMILES string of the molecule is CCCC(O)Cn1cc(C#N)c(=O)[nH]c1=O. The molecule has 1 aromatic rings. The molecule has 0 aliphatic carbocycles. The Morgan fingerprint density at radius 2 is 2.31 bits per heavy atom. The van der Waals surface area contributed by atoms with E-state index < -0.39 is 17.4 Å². The van der Waals surface area contributed by atoms with Gasteiger partial charge in [-0.05, 0) is 6.42 Å². The number of hydrogen-bond acceptors (Lipinski definition) is 4. The molecule has 1 unspecified atom stereocenters. The van der Waals surface area contributed by atoms with E-state index in [1.807, 2.05) is 11.9 Å². The van der Waals surface area contributed by atoms with Crippen LogP contribution in [0.4, 0.5) is 0 Å². The Labute approximate surface area is 91.8 Å². The van der Waals surface area contributed by atoms with Crippen LogP contribution in [0.15, 0.2) is 15.8 Å². The maximum atomic E-state index is 11.3. The molecule has 2 N–H and O–H groups in total. The first-order valence-corrected chi connectivity index (χ1v) is 5.00. The predicted octanol–water partition coefficient (Wildman–Crippen LogP) is -0.431. The molecule has 0 amide bonds.